The highest BCUT2D eigenvalue weighted by Gasteiger charge is 2.64. The van der Waals surface area contributed by atoms with Crippen molar-refractivity contribution in [3.05, 3.63) is 0 Å². The van der Waals surface area contributed by atoms with Gasteiger partial charge in [0, 0.05) is 6.04 Å². The largest absolute Gasteiger partial charge is 0.305 e. The second kappa shape index (κ2) is 3.81. The summed E-state index contributed by atoms with van der Waals surface area (Å²) >= 11 is 0. The van der Waals surface area contributed by atoms with Crippen molar-refractivity contribution in [2.24, 2.45) is 16.7 Å². The van der Waals surface area contributed by atoms with Crippen LogP contribution in [0.15, 0.2) is 0 Å². The Morgan fingerprint density at radius 3 is 2.21 bits per heavy atom. The Balaban J connectivity index is 1.57. The lowest BCUT2D eigenvalue weighted by molar-refractivity contribution is -0.139. The van der Waals surface area contributed by atoms with Crippen LogP contribution in [0.5, 0.6) is 0 Å². The summed E-state index contributed by atoms with van der Waals surface area (Å²) in [4.78, 5) is 25.6. The molecular formula is C15H24N2O2. The van der Waals surface area contributed by atoms with Crippen LogP contribution in [-0.4, -0.2) is 35.3 Å². The first-order valence-corrected chi connectivity index (χ1v) is 7.36. The summed E-state index contributed by atoms with van der Waals surface area (Å²) in [5.41, 5.74) is 0.643. The molecule has 1 N–H and O–H groups in total. The van der Waals surface area contributed by atoms with Gasteiger partial charge < -0.3 is 5.32 Å². The van der Waals surface area contributed by atoms with E-state index in [1.165, 1.54) is 4.90 Å². The second-order valence-electron chi connectivity index (χ2n) is 7.49. The molecule has 19 heavy (non-hydrogen) atoms. The van der Waals surface area contributed by atoms with Gasteiger partial charge in [-0.25, -0.2) is 0 Å². The van der Waals surface area contributed by atoms with Crippen molar-refractivity contribution in [1.82, 2.24) is 10.2 Å². The molecule has 1 heterocycles. The molecule has 0 aromatic heterocycles. The van der Waals surface area contributed by atoms with Gasteiger partial charge in [0.1, 0.15) is 0 Å². The molecule has 1 saturated heterocycles. The van der Waals surface area contributed by atoms with E-state index in [2.05, 4.69) is 33.0 Å². The quantitative estimate of drug-likeness (QED) is 0.784. The Bertz CT molecular complexity index is 423. The Morgan fingerprint density at radius 1 is 1.16 bits per heavy atom. The molecule has 106 valence electrons. The number of amides is 2. The van der Waals surface area contributed by atoms with Crippen molar-refractivity contribution in [3.63, 3.8) is 0 Å². The number of hydrogen-bond acceptors (Lipinski definition) is 3. The molecule has 0 bridgehead atoms. The van der Waals surface area contributed by atoms with Crippen molar-refractivity contribution in [3.8, 4) is 0 Å². The fourth-order valence-electron chi connectivity index (χ4n) is 3.63. The summed E-state index contributed by atoms with van der Waals surface area (Å²) in [6, 6.07) is -0.0686. The molecule has 1 atom stereocenters. The molecule has 2 aliphatic carbocycles. The van der Waals surface area contributed by atoms with Crippen molar-refractivity contribution in [2.75, 3.05) is 6.54 Å². The van der Waals surface area contributed by atoms with Crippen LogP contribution in [-0.2, 0) is 9.59 Å². The molecule has 3 aliphatic rings. The fourth-order valence-corrected chi connectivity index (χ4v) is 3.63. The van der Waals surface area contributed by atoms with E-state index in [0.717, 1.165) is 19.4 Å². The summed E-state index contributed by atoms with van der Waals surface area (Å²) in [5, 5.41) is 3.34. The molecular weight excluding hydrogens is 240 g/mol. The Labute approximate surface area is 114 Å². The van der Waals surface area contributed by atoms with E-state index >= 15 is 0 Å². The van der Waals surface area contributed by atoms with Crippen LogP contribution in [0.2, 0.25) is 0 Å². The van der Waals surface area contributed by atoms with E-state index in [4.69, 9.17) is 0 Å². The zero-order chi connectivity index (χ0) is 14.0. The van der Waals surface area contributed by atoms with Crippen LogP contribution in [0.3, 0.4) is 0 Å². The Hall–Kier alpha value is -0.900. The maximum Gasteiger partial charge on any atom is 0.247 e. The van der Waals surface area contributed by atoms with Gasteiger partial charge in [0.2, 0.25) is 11.8 Å². The van der Waals surface area contributed by atoms with Crippen molar-refractivity contribution in [1.29, 1.82) is 0 Å². The SMILES string of the molecule is CC1(C)C(CNC2CC(=O)N(C3CC3)C2=O)C1(C)C. The molecule has 3 fully saturated rings. The van der Waals surface area contributed by atoms with E-state index in [-0.39, 0.29) is 23.9 Å². The van der Waals surface area contributed by atoms with Crippen LogP contribution in [0.25, 0.3) is 0 Å². The number of nitrogens with zero attached hydrogens (tertiary/aromatic N) is 1. The topological polar surface area (TPSA) is 49.4 Å². The van der Waals surface area contributed by atoms with Crippen molar-refractivity contribution in [2.45, 2.75) is 59.0 Å². The number of rotatable bonds is 4. The minimum Gasteiger partial charge on any atom is -0.305 e. The standard InChI is InChI=1S/C15H24N2O2/c1-14(2)11(15(14,3)4)8-16-10-7-12(18)17(13(10)19)9-5-6-9/h9-11,16H,5-8H2,1-4H3. The van der Waals surface area contributed by atoms with Crippen LogP contribution < -0.4 is 5.32 Å². The van der Waals surface area contributed by atoms with Gasteiger partial charge in [-0.1, -0.05) is 27.7 Å². The van der Waals surface area contributed by atoms with Gasteiger partial charge in [-0.15, -0.1) is 0 Å². The van der Waals surface area contributed by atoms with Gasteiger partial charge in [0.15, 0.2) is 0 Å². The van der Waals surface area contributed by atoms with Gasteiger partial charge in [0.05, 0.1) is 12.5 Å². The third-order valence-corrected chi connectivity index (χ3v) is 5.98. The lowest BCUT2D eigenvalue weighted by Crippen LogP contribution is -2.40. The van der Waals surface area contributed by atoms with Crippen LogP contribution in [0.4, 0.5) is 0 Å². The highest BCUT2D eigenvalue weighted by molar-refractivity contribution is 6.06. The first-order chi connectivity index (χ1) is 8.76. The Morgan fingerprint density at radius 2 is 1.74 bits per heavy atom. The molecule has 0 aromatic rings. The maximum absolute atomic E-state index is 12.2. The molecule has 4 nitrogen and oxygen atoms in total. The van der Waals surface area contributed by atoms with Crippen LogP contribution >= 0.6 is 0 Å². The molecule has 0 radical (unpaired) electrons. The molecule has 2 saturated carbocycles. The molecule has 0 aromatic carbocycles. The highest BCUT2D eigenvalue weighted by Crippen LogP contribution is 2.67. The monoisotopic (exact) mass is 264 g/mol. The van der Waals surface area contributed by atoms with E-state index < -0.39 is 0 Å². The van der Waals surface area contributed by atoms with E-state index in [9.17, 15) is 9.59 Å². The molecule has 2 amide bonds. The number of likely N-dealkylation sites (tertiary alicyclic amines) is 1. The van der Waals surface area contributed by atoms with Gasteiger partial charge >= 0.3 is 0 Å². The molecule has 4 heteroatoms. The summed E-state index contributed by atoms with van der Waals surface area (Å²) in [7, 11) is 0. The number of carbonyl (C=O) groups excluding carboxylic acids is 2. The predicted molar refractivity (Wildman–Crippen MR) is 72.3 cm³/mol. The first-order valence-electron chi connectivity index (χ1n) is 7.36. The normalized spacial score (nSPS) is 33.1. The third kappa shape index (κ3) is 1.83. The minimum absolute atomic E-state index is 0.00348. The van der Waals surface area contributed by atoms with Crippen LogP contribution in [0, 0.1) is 16.7 Å². The van der Waals surface area contributed by atoms with Crippen molar-refractivity contribution >= 4 is 11.8 Å². The molecule has 1 aliphatic heterocycles. The van der Waals surface area contributed by atoms with Gasteiger partial charge in [-0.3, -0.25) is 14.5 Å². The lowest BCUT2D eigenvalue weighted by atomic mass is 10.0. The number of hydrogen-bond donors (Lipinski definition) is 1. The summed E-state index contributed by atoms with van der Waals surface area (Å²) < 4.78 is 0. The average molecular weight is 264 g/mol. The molecule has 3 rings (SSSR count). The maximum atomic E-state index is 12.2. The second-order valence-corrected chi connectivity index (χ2v) is 7.49. The van der Waals surface area contributed by atoms with E-state index in [1.807, 2.05) is 0 Å². The lowest BCUT2D eigenvalue weighted by Gasteiger charge is -2.14. The summed E-state index contributed by atoms with van der Waals surface area (Å²) in [6.45, 7) is 9.94. The first kappa shape index (κ1) is 13.1. The summed E-state index contributed by atoms with van der Waals surface area (Å²) in [5.74, 6) is 0.598. The van der Waals surface area contributed by atoms with Crippen LogP contribution in [0.1, 0.15) is 47.0 Å². The smallest absolute Gasteiger partial charge is 0.247 e. The molecule has 0 spiro atoms. The fraction of sp³-hybridized carbons (Fsp3) is 0.867. The number of imide groups is 1. The summed E-state index contributed by atoms with van der Waals surface area (Å²) in [6.07, 6.45) is 2.34. The number of nitrogens with one attached hydrogen (secondary N) is 1. The zero-order valence-electron chi connectivity index (χ0n) is 12.3. The van der Waals surface area contributed by atoms with E-state index in [0.29, 0.717) is 23.2 Å². The van der Waals surface area contributed by atoms with Gasteiger partial charge in [-0.2, -0.15) is 0 Å². The average Bonchev–Trinajstić information content (AvgIpc) is 3.14. The minimum atomic E-state index is -0.278. The van der Waals surface area contributed by atoms with Crippen molar-refractivity contribution < 1.29 is 9.59 Å². The Kier molecular flexibility index (Phi) is 2.63. The van der Waals surface area contributed by atoms with Gasteiger partial charge in [0.25, 0.3) is 0 Å². The predicted octanol–water partition coefficient (Wildman–Crippen LogP) is 1.55. The third-order valence-electron chi connectivity index (χ3n) is 5.98. The zero-order valence-corrected chi connectivity index (χ0v) is 12.3. The highest BCUT2D eigenvalue weighted by atomic mass is 16.2. The molecule has 1 unspecified atom stereocenters. The van der Waals surface area contributed by atoms with Gasteiger partial charge in [-0.05, 0) is 36.1 Å². The number of carbonyl (C=O) groups is 2. The van der Waals surface area contributed by atoms with E-state index in [1.54, 1.807) is 0 Å².